The van der Waals surface area contributed by atoms with Gasteiger partial charge in [-0.3, -0.25) is 0 Å². The fourth-order valence-electron chi connectivity index (χ4n) is 1.29. The molecule has 1 rings (SSSR count). The summed E-state index contributed by atoms with van der Waals surface area (Å²) in [7, 11) is 0. The van der Waals surface area contributed by atoms with Crippen LogP contribution in [0.3, 0.4) is 0 Å². The van der Waals surface area contributed by atoms with Gasteiger partial charge < -0.3 is 10.4 Å². The van der Waals surface area contributed by atoms with E-state index in [1.54, 1.807) is 5.38 Å². The number of nitrogens with one attached hydrogen (secondary N) is 1. The first kappa shape index (κ1) is 13.1. The van der Waals surface area contributed by atoms with Gasteiger partial charge in [0.2, 0.25) is 5.01 Å². The molecule has 0 aliphatic carbocycles. The summed E-state index contributed by atoms with van der Waals surface area (Å²) in [5, 5.41) is 14.1. The Labute approximate surface area is 99.7 Å². The van der Waals surface area contributed by atoms with Crippen LogP contribution in [0.1, 0.15) is 49.1 Å². The molecule has 2 N–H and O–H groups in total. The third-order valence-corrected chi connectivity index (χ3v) is 3.87. The van der Waals surface area contributed by atoms with Gasteiger partial charge in [0.25, 0.3) is 0 Å². The average Bonchev–Trinajstić information content (AvgIpc) is 2.75. The molecule has 0 spiro atoms. The second kappa shape index (κ2) is 5.41. The Bertz CT molecular complexity index is 359. The number of nitrogens with zero attached hydrogens (tertiary/aromatic N) is 1. The highest BCUT2D eigenvalue weighted by Crippen LogP contribution is 2.15. The van der Waals surface area contributed by atoms with Crippen molar-refractivity contribution in [2.75, 3.05) is 0 Å². The molecule has 0 radical (unpaired) electrons. The van der Waals surface area contributed by atoms with Gasteiger partial charge in [-0.15, -0.1) is 11.3 Å². The number of hydrogen-bond donors (Lipinski definition) is 2. The summed E-state index contributed by atoms with van der Waals surface area (Å²) in [5.74, 6) is -0.954. The molecule has 0 bridgehead atoms. The van der Waals surface area contributed by atoms with Crippen molar-refractivity contribution in [2.45, 2.75) is 45.7 Å². The number of carbonyl (C=O) groups is 1. The Morgan fingerprint density at radius 2 is 2.19 bits per heavy atom. The van der Waals surface area contributed by atoms with Gasteiger partial charge in [-0.05, 0) is 19.8 Å². The fraction of sp³-hybridized carbons (Fsp3) is 0.636. The SMILES string of the molecule is CCC(C)(CC)NCc1csc(C(=O)O)n1. The van der Waals surface area contributed by atoms with Gasteiger partial charge in [-0.25, -0.2) is 9.78 Å². The van der Waals surface area contributed by atoms with Crippen molar-refractivity contribution in [3.05, 3.63) is 16.1 Å². The van der Waals surface area contributed by atoms with E-state index < -0.39 is 5.97 Å². The van der Waals surface area contributed by atoms with E-state index in [1.807, 2.05) is 0 Å². The molecule has 0 aliphatic rings. The van der Waals surface area contributed by atoms with Crippen molar-refractivity contribution >= 4 is 17.3 Å². The van der Waals surface area contributed by atoms with Crippen LogP contribution in [0.15, 0.2) is 5.38 Å². The first-order valence-electron chi connectivity index (χ1n) is 5.43. The highest BCUT2D eigenvalue weighted by Gasteiger charge is 2.19. The van der Waals surface area contributed by atoms with Crippen LogP contribution in [0, 0.1) is 0 Å². The lowest BCUT2D eigenvalue weighted by molar-refractivity contribution is 0.0696. The lowest BCUT2D eigenvalue weighted by atomic mass is 9.95. The van der Waals surface area contributed by atoms with Gasteiger partial charge in [0.15, 0.2) is 0 Å². The first-order valence-corrected chi connectivity index (χ1v) is 6.31. The number of carboxylic acids is 1. The molecule has 5 heteroatoms. The normalized spacial score (nSPS) is 11.7. The Morgan fingerprint density at radius 3 is 2.62 bits per heavy atom. The quantitative estimate of drug-likeness (QED) is 0.804. The molecule has 1 aromatic rings. The molecule has 0 saturated heterocycles. The van der Waals surface area contributed by atoms with Crippen molar-refractivity contribution in [1.29, 1.82) is 0 Å². The lowest BCUT2D eigenvalue weighted by Crippen LogP contribution is -2.40. The number of aromatic nitrogens is 1. The van der Waals surface area contributed by atoms with Crippen LogP contribution in [0.5, 0.6) is 0 Å². The van der Waals surface area contributed by atoms with Crippen LogP contribution < -0.4 is 5.32 Å². The molecule has 0 fully saturated rings. The van der Waals surface area contributed by atoms with Crippen molar-refractivity contribution in [2.24, 2.45) is 0 Å². The molecule has 1 heterocycles. The van der Waals surface area contributed by atoms with Crippen LogP contribution in [0.4, 0.5) is 0 Å². The van der Waals surface area contributed by atoms with E-state index in [1.165, 1.54) is 11.3 Å². The lowest BCUT2D eigenvalue weighted by Gasteiger charge is -2.27. The van der Waals surface area contributed by atoms with E-state index in [9.17, 15) is 4.79 Å². The van der Waals surface area contributed by atoms with Gasteiger partial charge in [-0.1, -0.05) is 13.8 Å². The molecule has 0 saturated carbocycles. The van der Waals surface area contributed by atoms with E-state index in [0.717, 1.165) is 18.5 Å². The summed E-state index contributed by atoms with van der Waals surface area (Å²) in [4.78, 5) is 14.7. The summed E-state index contributed by atoms with van der Waals surface area (Å²) < 4.78 is 0. The monoisotopic (exact) mass is 242 g/mol. The van der Waals surface area contributed by atoms with E-state index in [4.69, 9.17) is 5.11 Å². The predicted octanol–water partition coefficient (Wildman–Crippen LogP) is 2.51. The molecule has 0 aromatic carbocycles. The topological polar surface area (TPSA) is 62.2 Å². The summed E-state index contributed by atoms with van der Waals surface area (Å²) in [6.07, 6.45) is 2.08. The largest absolute Gasteiger partial charge is 0.476 e. The van der Waals surface area contributed by atoms with Crippen molar-refractivity contribution in [3.63, 3.8) is 0 Å². The fourth-order valence-corrected chi connectivity index (χ4v) is 1.94. The molecule has 16 heavy (non-hydrogen) atoms. The third-order valence-electron chi connectivity index (χ3n) is 2.99. The molecule has 1 aromatic heterocycles. The van der Waals surface area contributed by atoms with E-state index >= 15 is 0 Å². The van der Waals surface area contributed by atoms with E-state index in [0.29, 0.717) is 6.54 Å². The molecule has 0 unspecified atom stereocenters. The number of aromatic carboxylic acids is 1. The summed E-state index contributed by atoms with van der Waals surface area (Å²) in [5.41, 5.74) is 0.906. The van der Waals surface area contributed by atoms with Crippen molar-refractivity contribution in [3.8, 4) is 0 Å². The molecule has 90 valence electrons. The maximum Gasteiger partial charge on any atom is 0.365 e. The van der Waals surface area contributed by atoms with Gasteiger partial charge >= 0.3 is 5.97 Å². The number of hydrogen-bond acceptors (Lipinski definition) is 4. The number of rotatable bonds is 6. The minimum Gasteiger partial charge on any atom is -0.476 e. The number of thiazole rings is 1. The zero-order valence-corrected chi connectivity index (χ0v) is 10.7. The molecule has 0 amide bonds. The van der Waals surface area contributed by atoms with Crippen LogP contribution in [-0.2, 0) is 6.54 Å². The smallest absolute Gasteiger partial charge is 0.365 e. The summed E-state index contributed by atoms with van der Waals surface area (Å²) in [6, 6.07) is 0. The van der Waals surface area contributed by atoms with Crippen molar-refractivity contribution < 1.29 is 9.90 Å². The molecular weight excluding hydrogens is 224 g/mol. The molecule has 0 aliphatic heterocycles. The highest BCUT2D eigenvalue weighted by atomic mass is 32.1. The summed E-state index contributed by atoms with van der Waals surface area (Å²) >= 11 is 1.17. The third kappa shape index (κ3) is 3.28. The Hall–Kier alpha value is -0.940. The maximum atomic E-state index is 10.7. The molecule has 0 atom stereocenters. The number of carboxylic acid groups (broad SMARTS) is 1. The Balaban J connectivity index is 2.57. The van der Waals surface area contributed by atoms with E-state index in [2.05, 4.69) is 31.1 Å². The van der Waals surface area contributed by atoms with Crippen LogP contribution in [0.2, 0.25) is 0 Å². The van der Waals surface area contributed by atoms with Crippen molar-refractivity contribution in [1.82, 2.24) is 10.3 Å². The predicted molar refractivity (Wildman–Crippen MR) is 64.9 cm³/mol. The van der Waals surface area contributed by atoms with Crippen LogP contribution in [-0.4, -0.2) is 21.6 Å². The Kier molecular flexibility index (Phi) is 4.44. The first-order chi connectivity index (χ1) is 7.50. The summed E-state index contributed by atoms with van der Waals surface area (Å²) in [6.45, 7) is 7.07. The molecular formula is C11H18N2O2S. The van der Waals surface area contributed by atoms with Crippen LogP contribution >= 0.6 is 11.3 Å². The van der Waals surface area contributed by atoms with Gasteiger partial charge in [0, 0.05) is 17.5 Å². The zero-order chi connectivity index (χ0) is 12.2. The van der Waals surface area contributed by atoms with Crippen LogP contribution in [0.25, 0.3) is 0 Å². The second-order valence-electron chi connectivity index (χ2n) is 4.07. The second-order valence-corrected chi connectivity index (χ2v) is 4.93. The minimum atomic E-state index is -0.954. The Morgan fingerprint density at radius 1 is 1.56 bits per heavy atom. The van der Waals surface area contributed by atoms with E-state index in [-0.39, 0.29) is 10.5 Å². The van der Waals surface area contributed by atoms with Gasteiger partial charge in [0.1, 0.15) is 0 Å². The maximum absolute atomic E-state index is 10.7. The standard InChI is InChI=1S/C11H18N2O2S/c1-4-11(3,5-2)12-6-8-7-16-9(13-8)10(14)15/h7,12H,4-6H2,1-3H3,(H,14,15). The van der Waals surface area contributed by atoms with Gasteiger partial charge in [-0.2, -0.15) is 0 Å². The highest BCUT2D eigenvalue weighted by molar-refractivity contribution is 7.11. The van der Waals surface area contributed by atoms with Gasteiger partial charge in [0.05, 0.1) is 5.69 Å². The zero-order valence-electron chi connectivity index (χ0n) is 9.91. The minimum absolute atomic E-state index is 0.104. The molecule has 4 nitrogen and oxygen atoms in total. The average molecular weight is 242 g/mol.